The Morgan fingerprint density at radius 3 is 2.42 bits per heavy atom. The first-order valence-electron chi connectivity index (χ1n) is 10.2. The Morgan fingerprint density at radius 1 is 1.13 bits per heavy atom. The summed E-state index contributed by atoms with van der Waals surface area (Å²) in [5.74, 6) is -0.0174. The van der Waals surface area contributed by atoms with E-state index in [1.807, 2.05) is 41.9 Å². The summed E-state index contributed by atoms with van der Waals surface area (Å²) in [5.41, 5.74) is 4.18. The topological polar surface area (TPSA) is 103 Å². The average molecular weight is 419 g/mol. The highest BCUT2D eigenvalue weighted by atomic mass is 16.1. The van der Waals surface area contributed by atoms with Gasteiger partial charge in [0, 0.05) is 11.4 Å². The van der Waals surface area contributed by atoms with E-state index in [1.54, 1.807) is 4.68 Å². The van der Waals surface area contributed by atoms with Gasteiger partial charge in [0.05, 0.1) is 27.9 Å². The second-order valence-corrected chi connectivity index (χ2v) is 8.87. The lowest BCUT2D eigenvalue weighted by Crippen LogP contribution is -2.24. The van der Waals surface area contributed by atoms with Crippen molar-refractivity contribution in [2.24, 2.45) is 0 Å². The molecule has 0 saturated carbocycles. The minimum absolute atomic E-state index is 0.176. The van der Waals surface area contributed by atoms with E-state index in [1.165, 1.54) is 6.33 Å². The number of hydrogen-bond acceptors (Lipinski definition) is 6. The van der Waals surface area contributed by atoms with Crippen molar-refractivity contribution in [1.82, 2.24) is 35.0 Å². The molecule has 1 N–H and O–H groups in total. The number of tetrazole rings is 1. The monoisotopic (exact) mass is 418 g/mol. The summed E-state index contributed by atoms with van der Waals surface area (Å²) < 4.78 is 3.46. The third-order valence-electron chi connectivity index (χ3n) is 5.04. The van der Waals surface area contributed by atoms with Crippen LogP contribution in [0.15, 0.2) is 36.7 Å². The number of carbonyl (C=O) groups is 1. The number of amides is 1. The van der Waals surface area contributed by atoms with Crippen LogP contribution in [0.5, 0.6) is 0 Å². The maximum atomic E-state index is 13.3. The zero-order valence-corrected chi connectivity index (χ0v) is 18.6. The van der Waals surface area contributed by atoms with Crippen molar-refractivity contribution in [3.05, 3.63) is 53.6 Å². The Balaban J connectivity index is 1.74. The summed E-state index contributed by atoms with van der Waals surface area (Å²) in [6.07, 6.45) is 1.52. The molecule has 1 amide bonds. The van der Waals surface area contributed by atoms with Gasteiger partial charge < -0.3 is 5.32 Å². The largest absolute Gasteiger partial charge is 0.322 e. The second kappa shape index (κ2) is 7.57. The van der Waals surface area contributed by atoms with Gasteiger partial charge in [-0.2, -0.15) is 5.10 Å². The number of nitrogens with one attached hydrogen (secondary N) is 1. The predicted molar refractivity (Wildman–Crippen MR) is 118 cm³/mol. The van der Waals surface area contributed by atoms with Crippen LogP contribution in [0.1, 0.15) is 62.3 Å². The van der Waals surface area contributed by atoms with Gasteiger partial charge >= 0.3 is 0 Å². The highest BCUT2D eigenvalue weighted by Crippen LogP contribution is 2.29. The Hall–Kier alpha value is -3.62. The van der Waals surface area contributed by atoms with Crippen molar-refractivity contribution in [2.45, 2.75) is 53.0 Å². The quantitative estimate of drug-likeness (QED) is 0.540. The predicted octanol–water partition coefficient (Wildman–Crippen LogP) is 3.85. The molecule has 0 aliphatic carbocycles. The zero-order chi connectivity index (χ0) is 22.3. The van der Waals surface area contributed by atoms with Crippen molar-refractivity contribution in [2.75, 3.05) is 5.32 Å². The normalized spacial score (nSPS) is 12.0. The van der Waals surface area contributed by atoms with Gasteiger partial charge in [-0.25, -0.2) is 14.3 Å². The van der Waals surface area contributed by atoms with Crippen molar-refractivity contribution >= 4 is 22.6 Å². The van der Waals surface area contributed by atoms with Crippen molar-refractivity contribution in [3.63, 3.8) is 0 Å². The van der Waals surface area contributed by atoms with Gasteiger partial charge in [-0.1, -0.05) is 13.8 Å². The smallest absolute Gasteiger partial charge is 0.256 e. The fourth-order valence-corrected chi connectivity index (χ4v) is 3.43. The lowest BCUT2D eigenvalue weighted by molar-refractivity contribution is 0.102. The fraction of sp³-hybridized carbons (Fsp3) is 0.364. The molecule has 0 spiro atoms. The first-order valence-corrected chi connectivity index (χ1v) is 10.2. The minimum atomic E-state index is -0.255. The number of pyridine rings is 1. The van der Waals surface area contributed by atoms with Gasteiger partial charge in [0.1, 0.15) is 6.33 Å². The van der Waals surface area contributed by atoms with Crippen LogP contribution < -0.4 is 5.32 Å². The van der Waals surface area contributed by atoms with E-state index in [9.17, 15) is 4.79 Å². The molecular weight excluding hydrogens is 392 g/mol. The van der Waals surface area contributed by atoms with Crippen LogP contribution in [0.3, 0.4) is 0 Å². The summed E-state index contributed by atoms with van der Waals surface area (Å²) >= 11 is 0. The maximum absolute atomic E-state index is 13.3. The second-order valence-electron chi connectivity index (χ2n) is 8.87. The van der Waals surface area contributed by atoms with Crippen LogP contribution in [-0.4, -0.2) is 40.9 Å². The molecule has 4 rings (SSSR count). The maximum Gasteiger partial charge on any atom is 0.256 e. The van der Waals surface area contributed by atoms with E-state index < -0.39 is 0 Å². The van der Waals surface area contributed by atoms with Crippen LogP contribution in [0.25, 0.3) is 16.7 Å². The Bertz CT molecular complexity index is 1230. The number of anilines is 1. The molecule has 1 aromatic carbocycles. The zero-order valence-electron chi connectivity index (χ0n) is 18.6. The molecule has 0 radical (unpaired) electrons. The average Bonchev–Trinajstić information content (AvgIpc) is 3.36. The highest BCUT2D eigenvalue weighted by Gasteiger charge is 2.25. The van der Waals surface area contributed by atoms with Gasteiger partial charge in [0.25, 0.3) is 5.91 Å². The van der Waals surface area contributed by atoms with Crippen LogP contribution in [0.4, 0.5) is 5.69 Å². The molecule has 4 aromatic rings. The number of aryl methyl sites for hydroxylation is 1. The molecule has 0 fully saturated rings. The van der Waals surface area contributed by atoms with Crippen LogP contribution >= 0.6 is 0 Å². The van der Waals surface area contributed by atoms with Gasteiger partial charge in [-0.15, -0.1) is 5.10 Å². The van der Waals surface area contributed by atoms with Gasteiger partial charge in [-0.05, 0) is 74.4 Å². The van der Waals surface area contributed by atoms with E-state index in [0.29, 0.717) is 11.3 Å². The molecule has 0 bridgehead atoms. The van der Waals surface area contributed by atoms with Gasteiger partial charge in [0.15, 0.2) is 5.65 Å². The van der Waals surface area contributed by atoms with Crippen molar-refractivity contribution in [1.29, 1.82) is 0 Å². The SMILES string of the molecule is Cc1nn(C(C)(C)C)c2nc(C(C)C)cc(C(=O)Nc3ccc(-n4cnnn4)cc3)c12. The lowest BCUT2D eigenvalue weighted by atomic mass is 10.0. The number of rotatable bonds is 4. The third kappa shape index (κ3) is 3.90. The molecule has 9 heteroatoms. The van der Waals surface area contributed by atoms with Crippen LogP contribution in [0, 0.1) is 6.92 Å². The molecule has 0 atom stereocenters. The number of fused-ring (bicyclic) bond motifs is 1. The Kier molecular flexibility index (Phi) is 5.04. The first-order chi connectivity index (χ1) is 14.6. The van der Waals surface area contributed by atoms with E-state index in [2.05, 4.69) is 55.5 Å². The van der Waals surface area contributed by atoms with Crippen LogP contribution in [-0.2, 0) is 5.54 Å². The Labute approximate surface area is 180 Å². The number of aromatic nitrogens is 7. The molecule has 0 unspecified atom stereocenters. The molecular formula is C22H26N8O. The van der Waals surface area contributed by atoms with Gasteiger partial charge in [0.2, 0.25) is 0 Å². The number of benzene rings is 1. The Morgan fingerprint density at radius 2 is 1.84 bits per heavy atom. The number of hydrogen-bond donors (Lipinski definition) is 1. The van der Waals surface area contributed by atoms with Gasteiger partial charge in [-0.3, -0.25) is 4.79 Å². The van der Waals surface area contributed by atoms with E-state index in [4.69, 9.17) is 10.1 Å². The molecule has 0 aliphatic heterocycles. The summed E-state index contributed by atoms with van der Waals surface area (Å²) in [6.45, 7) is 12.3. The summed E-state index contributed by atoms with van der Waals surface area (Å²) in [7, 11) is 0. The molecule has 0 aliphatic rings. The summed E-state index contributed by atoms with van der Waals surface area (Å²) in [4.78, 5) is 18.2. The summed E-state index contributed by atoms with van der Waals surface area (Å²) in [6, 6.07) is 9.21. The number of nitrogens with zero attached hydrogens (tertiary/aromatic N) is 7. The molecule has 9 nitrogen and oxygen atoms in total. The highest BCUT2D eigenvalue weighted by molar-refractivity contribution is 6.12. The number of carbonyl (C=O) groups excluding carboxylic acids is 1. The van der Waals surface area contributed by atoms with E-state index in [-0.39, 0.29) is 17.4 Å². The molecule has 160 valence electrons. The third-order valence-corrected chi connectivity index (χ3v) is 5.04. The molecule has 0 saturated heterocycles. The van der Waals surface area contributed by atoms with E-state index in [0.717, 1.165) is 28.1 Å². The molecule has 3 aromatic heterocycles. The standard InChI is InChI=1S/C22H26N8O/c1-13(2)18-11-17(19-14(3)26-30(20(19)25-18)22(4,5)6)21(31)24-15-7-9-16(10-8-15)29-12-23-27-28-29/h7-13H,1-6H3,(H,24,31). The van der Waals surface area contributed by atoms with E-state index >= 15 is 0 Å². The van der Waals surface area contributed by atoms with Crippen LogP contribution in [0.2, 0.25) is 0 Å². The minimum Gasteiger partial charge on any atom is -0.322 e. The fourth-order valence-electron chi connectivity index (χ4n) is 3.43. The summed E-state index contributed by atoms with van der Waals surface area (Å²) in [5, 5.41) is 19.6. The van der Waals surface area contributed by atoms with Crippen molar-refractivity contribution < 1.29 is 4.79 Å². The lowest BCUT2D eigenvalue weighted by Gasteiger charge is -2.20. The first kappa shape index (κ1) is 20.6. The molecule has 31 heavy (non-hydrogen) atoms. The van der Waals surface area contributed by atoms with Crippen molar-refractivity contribution in [3.8, 4) is 5.69 Å². The molecule has 3 heterocycles.